The number of hydrogen-bond acceptors (Lipinski definition) is 1. The van der Waals surface area contributed by atoms with Crippen LogP contribution in [0, 0.1) is 0 Å². The second-order valence-electron chi connectivity index (χ2n) is 9.09. The summed E-state index contributed by atoms with van der Waals surface area (Å²) in [7, 11) is 0. The Bertz CT molecular complexity index is 1640. The van der Waals surface area contributed by atoms with Gasteiger partial charge in [-0.05, 0) is 36.6 Å². The van der Waals surface area contributed by atoms with Gasteiger partial charge in [-0.25, -0.2) is 0 Å². The molecule has 6 aromatic rings. The Kier molecular flexibility index (Phi) is 3.92. The molecule has 1 heterocycles. The van der Waals surface area contributed by atoms with Crippen molar-refractivity contribution in [3.8, 4) is 0 Å². The normalized spacial score (nSPS) is 15.8. The maximum Gasteiger partial charge on any atom is 0.0358 e. The van der Waals surface area contributed by atoms with Gasteiger partial charge in [0, 0.05) is 26.1 Å². The van der Waals surface area contributed by atoms with Gasteiger partial charge in [0.25, 0.3) is 0 Å². The van der Waals surface area contributed by atoms with Crippen molar-refractivity contribution in [2.45, 2.75) is 25.7 Å². The summed E-state index contributed by atoms with van der Waals surface area (Å²) in [6, 6.07) is 31.4. The van der Waals surface area contributed by atoms with Gasteiger partial charge in [-0.15, -0.1) is 52.6 Å². The third-order valence-corrected chi connectivity index (χ3v) is 8.51. The lowest BCUT2D eigenvalue weighted by molar-refractivity contribution is 0.724. The van der Waals surface area contributed by atoms with Crippen molar-refractivity contribution in [3.63, 3.8) is 0 Å². The molecule has 1 aromatic heterocycles. The predicted molar refractivity (Wildman–Crippen MR) is 141 cm³/mol. The van der Waals surface area contributed by atoms with Crippen molar-refractivity contribution < 1.29 is 0 Å². The lowest BCUT2D eigenvalue weighted by Crippen LogP contribution is -2.00. The van der Waals surface area contributed by atoms with Crippen LogP contribution in [-0.4, -0.2) is 0 Å². The summed E-state index contributed by atoms with van der Waals surface area (Å²) in [4.78, 5) is 0. The van der Waals surface area contributed by atoms with Crippen LogP contribution in [0.1, 0.15) is 36.0 Å². The van der Waals surface area contributed by atoms with Gasteiger partial charge >= 0.3 is 0 Å². The fourth-order valence-electron chi connectivity index (χ4n) is 5.97. The highest BCUT2D eigenvalue weighted by molar-refractivity contribution is 7.25. The van der Waals surface area contributed by atoms with Crippen molar-refractivity contribution >= 4 is 59.1 Å². The Morgan fingerprint density at radius 3 is 2.50 bits per heavy atom. The van der Waals surface area contributed by atoms with Crippen LogP contribution in [0.5, 0.6) is 0 Å². The molecule has 0 fully saturated rings. The molecule has 32 heavy (non-hydrogen) atoms. The molecule has 0 aliphatic heterocycles. The largest absolute Gasteiger partial charge is 0.135 e. The van der Waals surface area contributed by atoms with E-state index >= 15 is 0 Å². The van der Waals surface area contributed by atoms with Crippen LogP contribution in [-0.2, 0) is 6.42 Å². The third-order valence-electron chi connectivity index (χ3n) is 7.38. The number of allylic oxidation sites excluding steroid dienone is 1. The van der Waals surface area contributed by atoms with Crippen molar-refractivity contribution in [1.29, 1.82) is 0 Å². The van der Waals surface area contributed by atoms with E-state index in [4.69, 9.17) is 0 Å². The average Bonchev–Trinajstić information content (AvgIpc) is 3.46. The van der Waals surface area contributed by atoms with Crippen LogP contribution in [0.4, 0.5) is 0 Å². The first-order valence-electron chi connectivity index (χ1n) is 11.5. The Labute approximate surface area is 191 Å². The zero-order valence-corrected chi connectivity index (χ0v) is 18.9. The van der Waals surface area contributed by atoms with Gasteiger partial charge in [0.05, 0.1) is 0 Å². The van der Waals surface area contributed by atoms with Crippen molar-refractivity contribution in [1.82, 2.24) is 0 Å². The summed E-state index contributed by atoms with van der Waals surface area (Å²) < 4.78 is 2.81. The van der Waals surface area contributed by atoms with Crippen LogP contribution in [0.15, 0.2) is 90.5 Å². The van der Waals surface area contributed by atoms with E-state index in [0.29, 0.717) is 5.92 Å². The van der Waals surface area contributed by atoms with Gasteiger partial charge in [0.15, 0.2) is 0 Å². The summed E-state index contributed by atoms with van der Waals surface area (Å²) in [6.45, 7) is 2.33. The van der Waals surface area contributed by atoms with Crippen LogP contribution >= 0.6 is 11.3 Å². The monoisotopic (exact) mass is 427 g/mol. The smallest absolute Gasteiger partial charge is 0.0358 e. The zero-order valence-electron chi connectivity index (χ0n) is 18.1. The summed E-state index contributed by atoms with van der Waals surface area (Å²) >= 11 is 1.93. The maximum atomic E-state index is 2.42. The molecule has 154 valence electrons. The van der Waals surface area contributed by atoms with Crippen molar-refractivity contribution in [3.05, 3.63) is 107 Å². The summed E-state index contributed by atoms with van der Waals surface area (Å²) in [5.41, 5.74) is 5.99. The molecule has 0 saturated carbocycles. The standard InChI is InChI=1S/C31H23S/c1-19-18-20-14-17-29-31(27-12-6-7-13-28(27)32-29)30(20)21(19)15-16-26-24-10-4-2-8-22(24)23-9-3-5-11-25(23)26/h2-14,17-18,21H,15-16H2,1H3/q-1. The van der Waals surface area contributed by atoms with E-state index in [1.807, 2.05) is 11.3 Å². The number of rotatable bonds is 3. The molecule has 0 saturated heterocycles. The van der Waals surface area contributed by atoms with Crippen LogP contribution in [0.25, 0.3) is 47.8 Å². The summed E-state index contributed by atoms with van der Waals surface area (Å²) in [6.07, 6.45) is 4.67. The van der Waals surface area contributed by atoms with E-state index in [0.717, 1.165) is 12.8 Å². The highest BCUT2D eigenvalue weighted by atomic mass is 32.1. The quantitative estimate of drug-likeness (QED) is 0.247. The molecule has 0 radical (unpaired) electrons. The highest BCUT2D eigenvalue weighted by Crippen LogP contribution is 2.48. The molecular weight excluding hydrogens is 404 g/mol. The average molecular weight is 428 g/mol. The van der Waals surface area contributed by atoms with Gasteiger partial charge in [-0.1, -0.05) is 76.7 Å². The zero-order chi connectivity index (χ0) is 21.2. The molecule has 1 unspecified atom stereocenters. The van der Waals surface area contributed by atoms with E-state index in [1.165, 1.54) is 58.4 Å². The Morgan fingerprint density at radius 1 is 0.781 bits per heavy atom. The van der Waals surface area contributed by atoms with Crippen LogP contribution < -0.4 is 0 Å². The minimum Gasteiger partial charge on any atom is -0.135 e. The SMILES string of the molecule is CC1=Cc2ccc3sc4ccccc4c3c2C1CCc1c2ccccc2[c-]2ccccc12. The van der Waals surface area contributed by atoms with Gasteiger partial charge in [-0.2, -0.15) is 0 Å². The first-order chi connectivity index (χ1) is 15.8. The fourth-order valence-corrected chi connectivity index (χ4v) is 7.09. The van der Waals surface area contributed by atoms with Gasteiger partial charge in [0.1, 0.15) is 0 Å². The number of fused-ring (bicyclic) bond motifs is 8. The lowest BCUT2D eigenvalue weighted by atomic mass is 9.87. The Hall–Kier alpha value is -3.29. The molecule has 0 nitrogen and oxygen atoms in total. The number of thiophene rings is 1. The van der Waals surface area contributed by atoms with Crippen molar-refractivity contribution in [2.24, 2.45) is 0 Å². The highest BCUT2D eigenvalue weighted by Gasteiger charge is 2.26. The molecule has 1 atom stereocenters. The maximum absolute atomic E-state index is 2.42. The molecule has 1 aliphatic carbocycles. The lowest BCUT2D eigenvalue weighted by Gasteiger charge is -2.18. The molecule has 1 heteroatoms. The van der Waals surface area contributed by atoms with Crippen molar-refractivity contribution in [2.75, 3.05) is 0 Å². The molecule has 1 aliphatic rings. The number of benzene rings is 4. The van der Waals surface area contributed by atoms with E-state index < -0.39 is 0 Å². The number of aryl methyl sites for hydroxylation is 1. The second-order valence-corrected chi connectivity index (χ2v) is 10.2. The third kappa shape index (κ3) is 2.52. The van der Waals surface area contributed by atoms with Gasteiger partial charge < -0.3 is 0 Å². The van der Waals surface area contributed by atoms with E-state index in [9.17, 15) is 0 Å². The molecule has 0 amide bonds. The van der Waals surface area contributed by atoms with Gasteiger partial charge in [0.2, 0.25) is 0 Å². The molecule has 5 aromatic carbocycles. The topological polar surface area (TPSA) is 0 Å². The summed E-state index contributed by atoms with van der Waals surface area (Å²) in [5, 5.41) is 8.53. The minimum atomic E-state index is 0.485. The second kappa shape index (κ2) is 6.85. The van der Waals surface area contributed by atoms with Gasteiger partial charge in [-0.3, -0.25) is 0 Å². The molecule has 0 spiro atoms. The Morgan fingerprint density at radius 2 is 1.56 bits per heavy atom. The van der Waals surface area contributed by atoms with E-state index in [-0.39, 0.29) is 0 Å². The first-order valence-corrected chi connectivity index (χ1v) is 12.3. The van der Waals surface area contributed by atoms with Crippen LogP contribution in [0.3, 0.4) is 0 Å². The fraction of sp³-hybridized carbons (Fsp3) is 0.129. The summed E-state index contributed by atoms with van der Waals surface area (Å²) in [5.74, 6) is 0.485. The molecule has 0 bridgehead atoms. The Balaban J connectivity index is 1.37. The minimum absolute atomic E-state index is 0.485. The first kappa shape index (κ1) is 18.3. The van der Waals surface area contributed by atoms with E-state index in [1.54, 1.807) is 5.56 Å². The molecule has 0 N–H and O–H groups in total. The molecular formula is C31H23S-. The number of hydrogen-bond donors (Lipinski definition) is 0. The molecule has 7 rings (SSSR count). The van der Waals surface area contributed by atoms with Crippen LogP contribution in [0.2, 0.25) is 0 Å². The predicted octanol–water partition coefficient (Wildman–Crippen LogP) is 9.21. The van der Waals surface area contributed by atoms with E-state index in [2.05, 4.69) is 97.9 Å².